The van der Waals surface area contributed by atoms with Crippen LogP contribution in [0.15, 0.2) is 24.4 Å². The normalized spacial score (nSPS) is 17.9. The number of carbonyl (C=O) groups excluding carboxylic acids is 1. The third kappa shape index (κ3) is 4.50. The molecule has 1 saturated carbocycles. The quantitative estimate of drug-likeness (QED) is 0.722. The van der Waals surface area contributed by atoms with E-state index in [4.69, 9.17) is 10.7 Å². The van der Waals surface area contributed by atoms with E-state index >= 15 is 0 Å². The van der Waals surface area contributed by atoms with Gasteiger partial charge in [0.05, 0.1) is 5.69 Å². The Morgan fingerprint density at radius 3 is 2.69 bits per heavy atom. The summed E-state index contributed by atoms with van der Waals surface area (Å²) < 4.78 is 0. The van der Waals surface area contributed by atoms with Crippen molar-refractivity contribution in [3.63, 3.8) is 0 Å². The van der Waals surface area contributed by atoms with E-state index in [1.165, 1.54) is 32.1 Å². The maximum absolute atomic E-state index is 12.1. The smallest absolute Gasteiger partial charge is 0.249 e. The van der Waals surface area contributed by atoms with Gasteiger partial charge >= 0.3 is 0 Å². The SMILES string of the molecule is Cc1c(C(N)=O)cc(-c2ccnc(NC3CCCCC3)c2)nc1N1CCNCC1. The Balaban J connectivity index is 1.67. The van der Waals surface area contributed by atoms with E-state index in [1.54, 1.807) is 6.20 Å². The van der Waals surface area contributed by atoms with Crippen molar-refractivity contribution in [3.8, 4) is 11.3 Å². The molecule has 0 bridgehead atoms. The zero-order valence-corrected chi connectivity index (χ0v) is 17.1. The molecule has 29 heavy (non-hydrogen) atoms. The summed E-state index contributed by atoms with van der Waals surface area (Å²) in [6.45, 7) is 5.46. The fourth-order valence-corrected chi connectivity index (χ4v) is 4.31. The number of hydrogen-bond donors (Lipinski definition) is 3. The van der Waals surface area contributed by atoms with Crippen LogP contribution in [0.2, 0.25) is 0 Å². The Hall–Kier alpha value is -2.67. The first kappa shape index (κ1) is 19.6. The molecule has 0 radical (unpaired) electrons. The first-order valence-electron chi connectivity index (χ1n) is 10.6. The molecular formula is C22H30N6O. The van der Waals surface area contributed by atoms with Crippen LogP contribution in [0.1, 0.15) is 48.0 Å². The van der Waals surface area contributed by atoms with Crippen LogP contribution in [0.3, 0.4) is 0 Å². The molecule has 7 heteroatoms. The van der Waals surface area contributed by atoms with Crippen molar-refractivity contribution in [1.82, 2.24) is 15.3 Å². The van der Waals surface area contributed by atoms with Crippen molar-refractivity contribution in [1.29, 1.82) is 0 Å². The number of aromatic nitrogens is 2. The summed E-state index contributed by atoms with van der Waals surface area (Å²) in [6.07, 6.45) is 8.04. The van der Waals surface area contributed by atoms with Crippen molar-refractivity contribution < 1.29 is 4.79 Å². The molecule has 2 aromatic heterocycles. The summed E-state index contributed by atoms with van der Waals surface area (Å²) >= 11 is 0. The maximum Gasteiger partial charge on any atom is 0.249 e. The van der Waals surface area contributed by atoms with Gasteiger partial charge in [-0.05, 0) is 38.0 Å². The van der Waals surface area contributed by atoms with Crippen LogP contribution in [0, 0.1) is 6.92 Å². The Kier molecular flexibility index (Phi) is 5.94. The molecular weight excluding hydrogens is 364 g/mol. The van der Waals surface area contributed by atoms with Crippen LogP contribution < -0.4 is 21.3 Å². The molecule has 2 fully saturated rings. The summed E-state index contributed by atoms with van der Waals surface area (Å²) in [5.41, 5.74) is 8.76. The molecule has 1 aliphatic carbocycles. The molecule has 0 unspecified atom stereocenters. The number of nitrogens with zero attached hydrogens (tertiary/aromatic N) is 3. The second-order valence-electron chi connectivity index (χ2n) is 8.01. The minimum Gasteiger partial charge on any atom is -0.367 e. The average Bonchev–Trinajstić information content (AvgIpc) is 2.75. The van der Waals surface area contributed by atoms with Gasteiger partial charge in [-0.3, -0.25) is 4.79 Å². The Morgan fingerprint density at radius 1 is 1.21 bits per heavy atom. The molecule has 7 nitrogen and oxygen atoms in total. The molecule has 1 amide bonds. The lowest BCUT2D eigenvalue weighted by molar-refractivity contribution is 0.0999. The minimum atomic E-state index is -0.419. The summed E-state index contributed by atoms with van der Waals surface area (Å²) in [6, 6.07) is 6.26. The first-order chi connectivity index (χ1) is 14.1. The van der Waals surface area contributed by atoms with E-state index in [9.17, 15) is 4.79 Å². The molecule has 154 valence electrons. The fraction of sp³-hybridized carbons (Fsp3) is 0.500. The summed E-state index contributed by atoms with van der Waals surface area (Å²) in [7, 11) is 0. The standard InChI is InChI=1S/C22H30N6O/c1-15-18(21(23)29)14-19(27-22(15)28-11-9-24-10-12-28)16-7-8-25-20(13-16)26-17-5-3-2-4-6-17/h7-8,13-14,17,24H,2-6,9-12H2,1H3,(H2,23,29)(H,25,26). The molecule has 2 aliphatic rings. The number of anilines is 2. The lowest BCUT2D eigenvalue weighted by Crippen LogP contribution is -2.44. The van der Waals surface area contributed by atoms with Gasteiger partial charge in [0.25, 0.3) is 0 Å². The highest BCUT2D eigenvalue weighted by Gasteiger charge is 2.20. The average molecular weight is 395 g/mol. The predicted molar refractivity (Wildman–Crippen MR) is 116 cm³/mol. The molecule has 2 aromatic rings. The van der Waals surface area contributed by atoms with E-state index in [-0.39, 0.29) is 0 Å². The van der Waals surface area contributed by atoms with Crippen molar-refractivity contribution in [2.45, 2.75) is 45.1 Å². The van der Waals surface area contributed by atoms with Gasteiger partial charge in [-0.15, -0.1) is 0 Å². The molecule has 0 spiro atoms. The minimum absolute atomic E-state index is 0.419. The molecule has 4 rings (SSSR count). The van der Waals surface area contributed by atoms with Crippen LogP contribution >= 0.6 is 0 Å². The van der Waals surface area contributed by atoms with Gasteiger partial charge in [-0.1, -0.05) is 19.3 Å². The van der Waals surface area contributed by atoms with Gasteiger partial charge in [0.1, 0.15) is 11.6 Å². The van der Waals surface area contributed by atoms with Gasteiger partial charge in [-0.25, -0.2) is 9.97 Å². The van der Waals surface area contributed by atoms with Crippen LogP contribution in [0.25, 0.3) is 11.3 Å². The summed E-state index contributed by atoms with van der Waals surface area (Å²) in [5.74, 6) is 1.29. The molecule has 4 N–H and O–H groups in total. The summed E-state index contributed by atoms with van der Waals surface area (Å²) in [4.78, 5) is 23.8. The largest absolute Gasteiger partial charge is 0.367 e. The molecule has 1 aliphatic heterocycles. The van der Waals surface area contributed by atoms with E-state index in [0.29, 0.717) is 11.6 Å². The van der Waals surface area contributed by atoms with Gasteiger partial charge < -0.3 is 21.3 Å². The van der Waals surface area contributed by atoms with E-state index in [1.807, 2.05) is 25.1 Å². The van der Waals surface area contributed by atoms with Crippen LogP contribution in [0.4, 0.5) is 11.6 Å². The number of carbonyl (C=O) groups is 1. The second kappa shape index (κ2) is 8.78. The highest BCUT2D eigenvalue weighted by atomic mass is 16.1. The Labute approximate surface area is 172 Å². The third-order valence-electron chi connectivity index (χ3n) is 5.94. The van der Waals surface area contributed by atoms with Crippen LogP contribution in [0.5, 0.6) is 0 Å². The van der Waals surface area contributed by atoms with Crippen LogP contribution in [-0.4, -0.2) is 48.1 Å². The topological polar surface area (TPSA) is 96.2 Å². The molecule has 1 saturated heterocycles. The van der Waals surface area contributed by atoms with E-state index in [2.05, 4.69) is 20.5 Å². The zero-order chi connectivity index (χ0) is 20.2. The number of pyridine rings is 2. The zero-order valence-electron chi connectivity index (χ0n) is 17.1. The van der Waals surface area contributed by atoms with Crippen molar-refractivity contribution >= 4 is 17.5 Å². The van der Waals surface area contributed by atoms with Gasteiger partial charge in [0, 0.05) is 55.1 Å². The summed E-state index contributed by atoms with van der Waals surface area (Å²) in [5, 5.41) is 6.92. The first-order valence-corrected chi connectivity index (χ1v) is 10.6. The van der Waals surface area contributed by atoms with Crippen LogP contribution in [-0.2, 0) is 0 Å². The Bertz CT molecular complexity index is 872. The predicted octanol–water partition coefficient (Wildman–Crippen LogP) is 2.71. The second-order valence-corrected chi connectivity index (χ2v) is 8.01. The number of nitrogens with two attached hydrogens (primary N) is 1. The highest BCUT2D eigenvalue weighted by molar-refractivity contribution is 5.96. The molecule has 3 heterocycles. The lowest BCUT2D eigenvalue weighted by Gasteiger charge is -2.30. The number of rotatable bonds is 5. The number of hydrogen-bond acceptors (Lipinski definition) is 6. The number of nitrogens with one attached hydrogen (secondary N) is 2. The highest BCUT2D eigenvalue weighted by Crippen LogP contribution is 2.29. The monoisotopic (exact) mass is 394 g/mol. The fourth-order valence-electron chi connectivity index (χ4n) is 4.31. The van der Waals surface area contributed by atoms with Gasteiger partial charge in [0.2, 0.25) is 5.91 Å². The van der Waals surface area contributed by atoms with Crippen molar-refractivity contribution in [2.24, 2.45) is 5.73 Å². The van der Waals surface area contributed by atoms with Gasteiger partial charge in [-0.2, -0.15) is 0 Å². The van der Waals surface area contributed by atoms with Gasteiger partial charge in [0.15, 0.2) is 0 Å². The number of piperazine rings is 1. The van der Waals surface area contributed by atoms with Crippen molar-refractivity contribution in [3.05, 3.63) is 35.5 Å². The van der Waals surface area contributed by atoms with E-state index < -0.39 is 5.91 Å². The number of primary amides is 1. The number of amides is 1. The Morgan fingerprint density at radius 2 is 1.97 bits per heavy atom. The lowest BCUT2D eigenvalue weighted by atomic mass is 9.95. The third-order valence-corrected chi connectivity index (χ3v) is 5.94. The van der Waals surface area contributed by atoms with E-state index in [0.717, 1.165) is 54.6 Å². The maximum atomic E-state index is 12.1. The molecule has 0 atom stereocenters. The molecule has 0 aromatic carbocycles. The van der Waals surface area contributed by atoms with Crippen molar-refractivity contribution in [2.75, 3.05) is 36.4 Å².